The Morgan fingerprint density at radius 2 is 1.41 bits per heavy atom. The van der Waals surface area contributed by atoms with Crippen LogP contribution in [0.2, 0.25) is 0 Å². The van der Waals surface area contributed by atoms with Crippen molar-refractivity contribution < 1.29 is 19.2 Å². The van der Waals surface area contributed by atoms with Crippen molar-refractivity contribution in [2.45, 2.75) is 45.3 Å². The lowest BCUT2D eigenvalue weighted by molar-refractivity contribution is -0.136. The molecular weight excluding hydrogens is 430 g/mol. The molecule has 1 N–H and O–H groups in total. The summed E-state index contributed by atoms with van der Waals surface area (Å²) in [6.07, 6.45) is 1.17. The van der Waals surface area contributed by atoms with Crippen LogP contribution in [0.1, 0.15) is 49.0 Å². The van der Waals surface area contributed by atoms with Crippen LogP contribution in [0, 0.1) is 0 Å². The lowest BCUT2D eigenvalue weighted by Crippen LogP contribution is -2.34. The predicted octanol–water partition coefficient (Wildman–Crippen LogP) is 6.27. The van der Waals surface area contributed by atoms with E-state index in [4.69, 9.17) is 9.57 Å². The highest BCUT2D eigenvalue weighted by atomic mass is 16.6. The fourth-order valence-electron chi connectivity index (χ4n) is 3.29. The van der Waals surface area contributed by atoms with Crippen LogP contribution in [0.4, 0.5) is 0 Å². The molecule has 3 rings (SSSR count). The largest absolute Gasteiger partial charge is 0.457 e. The molecule has 0 unspecified atom stereocenters. The second-order valence-electron chi connectivity index (χ2n) is 7.85. The zero-order valence-electron chi connectivity index (χ0n) is 19.4. The van der Waals surface area contributed by atoms with Gasteiger partial charge in [0.2, 0.25) is 5.91 Å². The highest BCUT2D eigenvalue weighted by Gasteiger charge is 2.30. The van der Waals surface area contributed by atoms with Crippen molar-refractivity contribution >= 4 is 11.8 Å². The van der Waals surface area contributed by atoms with Crippen molar-refractivity contribution in [3.63, 3.8) is 0 Å². The molecule has 0 aromatic heterocycles. The van der Waals surface area contributed by atoms with Gasteiger partial charge in [-0.3, -0.25) is 14.4 Å². The van der Waals surface area contributed by atoms with Crippen molar-refractivity contribution in [3.05, 3.63) is 96.1 Å². The van der Waals surface area contributed by atoms with Gasteiger partial charge < -0.3 is 4.74 Å². The zero-order chi connectivity index (χ0) is 24.2. The normalized spacial score (nSPS) is 11.4. The number of benzene rings is 3. The number of hydrogen-bond donors (Lipinski definition) is 1. The van der Waals surface area contributed by atoms with Gasteiger partial charge in [0.05, 0.1) is 18.6 Å². The van der Waals surface area contributed by atoms with Crippen LogP contribution in [0.5, 0.6) is 11.5 Å². The number of nitrogens with one attached hydrogen (secondary N) is 1. The molecule has 0 heterocycles. The van der Waals surface area contributed by atoms with Crippen LogP contribution in [-0.2, 0) is 16.2 Å². The fourth-order valence-corrected chi connectivity index (χ4v) is 3.29. The van der Waals surface area contributed by atoms with Crippen LogP contribution in [0.25, 0.3) is 0 Å². The molecule has 0 saturated carbocycles. The molecule has 2 amide bonds. The summed E-state index contributed by atoms with van der Waals surface area (Å²) in [5.74, 6) is 0.540. The Hall–Kier alpha value is -3.84. The Balaban J connectivity index is 1.56. The van der Waals surface area contributed by atoms with Gasteiger partial charge in [-0.2, -0.15) is 5.11 Å². The molecule has 176 valence electrons. The molecule has 3 aromatic rings. The van der Waals surface area contributed by atoms with Gasteiger partial charge in [0.15, 0.2) is 0 Å². The number of rotatable bonds is 11. The first-order valence-electron chi connectivity index (χ1n) is 11.3. The van der Waals surface area contributed by atoms with Gasteiger partial charge in [-0.15, -0.1) is 5.11 Å². The number of hydroxylamine groups is 1. The van der Waals surface area contributed by atoms with Crippen LogP contribution in [-0.4, -0.2) is 17.4 Å². The summed E-state index contributed by atoms with van der Waals surface area (Å²) >= 11 is 0. The number of amides is 2. The smallest absolute Gasteiger partial charge is 0.295 e. The topological polar surface area (TPSA) is 89.4 Å². The summed E-state index contributed by atoms with van der Waals surface area (Å²) in [6.45, 7) is 4.10. The molecular formula is C27H29N3O4. The first kappa shape index (κ1) is 24.8. The lowest BCUT2D eigenvalue weighted by Gasteiger charge is -2.24. The van der Waals surface area contributed by atoms with Gasteiger partial charge in [-0.25, -0.2) is 5.48 Å². The van der Waals surface area contributed by atoms with Gasteiger partial charge in [-0.1, -0.05) is 62.4 Å². The predicted molar refractivity (Wildman–Crippen MR) is 129 cm³/mol. The third kappa shape index (κ3) is 7.35. The average Bonchev–Trinajstić information content (AvgIpc) is 2.88. The van der Waals surface area contributed by atoms with E-state index in [1.54, 1.807) is 24.3 Å². The molecule has 34 heavy (non-hydrogen) atoms. The Morgan fingerprint density at radius 3 is 2.03 bits per heavy atom. The summed E-state index contributed by atoms with van der Waals surface area (Å²) in [5.41, 5.74) is 3.01. The minimum absolute atomic E-state index is 0.0649. The molecule has 0 fully saturated rings. The van der Waals surface area contributed by atoms with Gasteiger partial charge in [0.1, 0.15) is 11.5 Å². The Morgan fingerprint density at radius 1 is 0.824 bits per heavy atom. The summed E-state index contributed by atoms with van der Waals surface area (Å²) < 4.78 is 5.74. The van der Waals surface area contributed by atoms with Crippen molar-refractivity contribution in [1.82, 2.24) is 5.48 Å². The van der Waals surface area contributed by atoms with E-state index in [2.05, 4.69) is 15.7 Å². The highest BCUT2D eigenvalue weighted by Crippen LogP contribution is 2.26. The molecule has 0 bridgehead atoms. The first-order valence-corrected chi connectivity index (χ1v) is 11.3. The number of hydrogen-bond acceptors (Lipinski definition) is 5. The Kier molecular flexibility index (Phi) is 9.05. The average molecular weight is 460 g/mol. The van der Waals surface area contributed by atoms with Gasteiger partial charge in [0, 0.05) is 5.56 Å². The zero-order valence-corrected chi connectivity index (χ0v) is 19.4. The number of ether oxygens (including phenoxy) is 1. The van der Waals surface area contributed by atoms with Crippen molar-refractivity contribution in [2.24, 2.45) is 10.2 Å². The highest BCUT2D eigenvalue weighted by molar-refractivity contribution is 5.94. The third-order valence-electron chi connectivity index (χ3n) is 5.51. The summed E-state index contributed by atoms with van der Waals surface area (Å²) in [7, 11) is 0. The van der Waals surface area contributed by atoms with Crippen LogP contribution in [0.3, 0.4) is 0 Å². The van der Waals surface area contributed by atoms with Crippen molar-refractivity contribution in [3.8, 4) is 11.5 Å². The maximum atomic E-state index is 12.6. The number of nitrogens with zero attached hydrogens (tertiary/aromatic N) is 2. The fraction of sp³-hybridized carbons (Fsp3) is 0.259. The number of para-hydroxylation sites is 1. The molecule has 0 aliphatic heterocycles. The molecule has 0 atom stereocenters. The monoisotopic (exact) mass is 459 g/mol. The Labute approximate surface area is 199 Å². The lowest BCUT2D eigenvalue weighted by atomic mass is 9.90. The van der Waals surface area contributed by atoms with E-state index in [0.717, 1.165) is 5.56 Å². The van der Waals surface area contributed by atoms with Crippen molar-refractivity contribution in [1.29, 1.82) is 0 Å². The molecule has 7 nitrogen and oxygen atoms in total. The molecule has 3 aromatic carbocycles. The first-order chi connectivity index (χ1) is 16.5. The second-order valence-corrected chi connectivity index (χ2v) is 7.85. The molecule has 0 aliphatic rings. The van der Waals surface area contributed by atoms with Gasteiger partial charge in [0.25, 0.3) is 5.91 Å². The maximum Gasteiger partial charge on any atom is 0.295 e. The maximum absolute atomic E-state index is 12.6. The molecule has 0 aliphatic carbocycles. The van der Waals surface area contributed by atoms with E-state index in [-0.39, 0.29) is 18.9 Å². The molecule has 0 radical (unpaired) electrons. The van der Waals surface area contributed by atoms with E-state index < -0.39 is 11.4 Å². The summed E-state index contributed by atoms with van der Waals surface area (Å²) in [4.78, 5) is 30.3. The molecule has 7 heteroatoms. The Bertz CT molecular complexity index is 1080. The molecule has 0 saturated heterocycles. The van der Waals surface area contributed by atoms with E-state index in [1.807, 2.05) is 74.5 Å². The van der Waals surface area contributed by atoms with Gasteiger partial charge in [-0.05, 0) is 54.8 Å². The molecule has 0 spiro atoms. The van der Waals surface area contributed by atoms with Crippen LogP contribution in [0.15, 0.2) is 95.2 Å². The van der Waals surface area contributed by atoms with Crippen LogP contribution < -0.4 is 10.2 Å². The van der Waals surface area contributed by atoms with E-state index in [1.165, 1.54) is 0 Å². The quantitative estimate of drug-likeness (QED) is 0.270. The van der Waals surface area contributed by atoms with Crippen LogP contribution >= 0.6 is 0 Å². The minimum Gasteiger partial charge on any atom is -0.457 e. The number of carbonyl (C=O) groups is 2. The second kappa shape index (κ2) is 12.4. The minimum atomic E-state index is -0.786. The van der Waals surface area contributed by atoms with E-state index >= 15 is 0 Å². The third-order valence-corrected chi connectivity index (χ3v) is 5.51. The summed E-state index contributed by atoms with van der Waals surface area (Å²) in [5, 5.41) is 8.22. The summed E-state index contributed by atoms with van der Waals surface area (Å²) in [6, 6.07) is 25.6. The van der Waals surface area contributed by atoms with E-state index in [0.29, 0.717) is 29.9 Å². The number of azo groups is 1. The van der Waals surface area contributed by atoms with Crippen molar-refractivity contribution in [2.75, 3.05) is 0 Å². The number of carbonyl (C=O) groups excluding carboxylic acids is 2. The standard InChI is InChI=1S/C27H29N3O4/c1-3-27(4-2,19-25(31)29-33-20-21-11-7-5-8-12-21)30-28-26(32)22-15-17-24(18-16-22)34-23-13-9-6-10-14-23/h5-18H,3-4,19-20H2,1-2H3,(H,29,31). The van der Waals surface area contributed by atoms with Gasteiger partial charge >= 0.3 is 0 Å². The van der Waals surface area contributed by atoms with E-state index in [9.17, 15) is 9.59 Å². The SMILES string of the molecule is CCC(CC)(CC(=O)NOCc1ccccc1)N=NC(=O)c1ccc(Oc2ccccc2)cc1.